The Morgan fingerprint density at radius 2 is 1.34 bits per heavy atom. The molecular formula is C28H25NO3. The molecule has 0 spiro atoms. The number of nitrogens with zero attached hydrogens (tertiary/aromatic N) is 1. The van der Waals surface area contributed by atoms with Gasteiger partial charge in [0.2, 0.25) is 5.91 Å². The summed E-state index contributed by atoms with van der Waals surface area (Å²) in [5.74, 6) is -0.368. The summed E-state index contributed by atoms with van der Waals surface area (Å²) in [4.78, 5) is 27.1. The van der Waals surface area contributed by atoms with Crippen molar-refractivity contribution in [2.75, 3.05) is 6.54 Å². The zero-order valence-corrected chi connectivity index (χ0v) is 18.0. The summed E-state index contributed by atoms with van der Waals surface area (Å²) >= 11 is 0. The highest BCUT2D eigenvalue weighted by atomic mass is 16.5. The molecule has 1 aliphatic rings. The van der Waals surface area contributed by atoms with Crippen molar-refractivity contribution in [1.82, 2.24) is 4.90 Å². The van der Waals surface area contributed by atoms with E-state index in [1.165, 1.54) is 0 Å². The third kappa shape index (κ3) is 3.62. The maximum absolute atomic E-state index is 13.3. The molecule has 1 saturated heterocycles. The molecule has 0 aliphatic carbocycles. The summed E-state index contributed by atoms with van der Waals surface area (Å²) in [6.45, 7) is 2.36. The lowest BCUT2D eigenvalue weighted by Crippen LogP contribution is -2.41. The summed E-state index contributed by atoms with van der Waals surface area (Å²) < 4.78 is 6.23. The number of amides is 1. The van der Waals surface area contributed by atoms with Gasteiger partial charge in [-0.15, -0.1) is 0 Å². The molecule has 1 amide bonds. The monoisotopic (exact) mass is 423 g/mol. The average molecular weight is 424 g/mol. The fourth-order valence-electron chi connectivity index (χ4n) is 4.67. The summed E-state index contributed by atoms with van der Waals surface area (Å²) in [7, 11) is 0. The van der Waals surface area contributed by atoms with Crippen LogP contribution in [0, 0.1) is 0 Å². The normalized spacial score (nSPS) is 14.9. The number of likely N-dealkylation sites (tertiary alicyclic amines) is 1. The van der Waals surface area contributed by atoms with Gasteiger partial charge in [-0.2, -0.15) is 0 Å². The molecule has 0 aromatic heterocycles. The van der Waals surface area contributed by atoms with Crippen LogP contribution in [0.2, 0.25) is 0 Å². The van der Waals surface area contributed by atoms with Crippen LogP contribution >= 0.6 is 0 Å². The van der Waals surface area contributed by atoms with Crippen molar-refractivity contribution in [1.29, 1.82) is 0 Å². The molecule has 1 heterocycles. The van der Waals surface area contributed by atoms with Crippen LogP contribution in [0.15, 0.2) is 84.9 Å². The molecule has 0 radical (unpaired) electrons. The van der Waals surface area contributed by atoms with Gasteiger partial charge in [0.05, 0.1) is 0 Å². The molecule has 4 aromatic rings. The summed E-state index contributed by atoms with van der Waals surface area (Å²) in [6, 6.07) is 27.8. The lowest BCUT2D eigenvalue weighted by atomic mass is 9.92. The Kier molecular flexibility index (Phi) is 5.36. The minimum absolute atomic E-state index is 0.0151. The second-order valence-electron chi connectivity index (χ2n) is 8.32. The fraction of sp³-hybridized carbons (Fsp3) is 0.214. The van der Waals surface area contributed by atoms with Gasteiger partial charge in [0.25, 0.3) is 0 Å². The van der Waals surface area contributed by atoms with E-state index in [0.29, 0.717) is 13.0 Å². The van der Waals surface area contributed by atoms with Crippen LogP contribution in [-0.4, -0.2) is 29.4 Å². The van der Waals surface area contributed by atoms with Crippen LogP contribution in [0.4, 0.5) is 0 Å². The third-order valence-electron chi connectivity index (χ3n) is 6.36. The van der Waals surface area contributed by atoms with E-state index in [-0.39, 0.29) is 11.9 Å². The van der Waals surface area contributed by atoms with Crippen LogP contribution < -0.4 is 0 Å². The van der Waals surface area contributed by atoms with Crippen molar-refractivity contribution >= 4 is 33.4 Å². The summed E-state index contributed by atoms with van der Waals surface area (Å²) in [5, 5.41) is 4.28. The number of esters is 1. The van der Waals surface area contributed by atoms with Crippen LogP contribution in [0.25, 0.3) is 21.5 Å². The zero-order chi connectivity index (χ0) is 22.1. The smallest absolute Gasteiger partial charge is 0.329 e. The average Bonchev–Trinajstić information content (AvgIpc) is 3.27. The molecule has 5 rings (SSSR count). The molecule has 0 saturated carbocycles. The van der Waals surface area contributed by atoms with Crippen LogP contribution in [0.5, 0.6) is 0 Å². The molecular weight excluding hydrogens is 398 g/mol. The van der Waals surface area contributed by atoms with Gasteiger partial charge in [0, 0.05) is 24.1 Å². The zero-order valence-electron chi connectivity index (χ0n) is 18.0. The van der Waals surface area contributed by atoms with Gasteiger partial charge in [0.15, 0.2) is 6.10 Å². The predicted octanol–water partition coefficient (Wildman–Crippen LogP) is 5.64. The second kappa shape index (κ2) is 8.46. The Hall–Kier alpha value is -3.66. The molecule has 1 aliphatic heterocycles. The molecule has 160 valence electrons. The van der Waals surface area contributed by atoms with Crippen LogP contribution in [0.1, 0.15) is 37.0 Å². The van der Waals surface area contributed by atoms with Crippen LogP contribution in [-0.2, 0) is 14.3 Å². The quantitative estimate of drug-likeness (QED) is 0.391. The molecule has 0 unspecified atom stereocenters. The number of fused-ring (bicyclic) bond motifs is 2. The number of carbonyl (C=O) groups is 2. The number of rotatable bonds is 5. The van der Waals surface area contributed by atoms with Crippen molar-refractivity contribution in [3.63, 3.8) is 0 Å². The first-order valence-electron chi connectivity index (χ1n) is 11.1. The lowest BCUT2D eigenvalue weighted by molar-refractivity contribution is -0.156. The van der Waals surface area contributed by atoms with Crippen molar-refractivity contribution in [3.05, 3.63) is 96.1 Å². The Labute approximate surface area is 187 Å². The van der Waals surface area contributed by atoms with Crippen molar-refractivity contribution in [2.24, 2.45) is 0 Å². The van der Waals surface area contributed by atoms with E-state index in [1.54, 1.807) is 11.8 Å². The molecule has 4 aromatic carbocycles. The van der Waals surface area contributed by atoms with Gasteiger partial charge in [-0.3, -0.25) is 4.79 Å². The fourth-order valence-corrected chi connectivity index (χ4v) is 4.67. The SMILES string of the molecule is C[C@@H](C(=O)OC(c1cccc2ccccc12)c1cccc2ccccc12)N1CCCC1=O. The summed E-state index contributed by atoms with van der Waals surface area (Å²) in [5.41, 5.74) is 1.88. The third-order valence-corrected chi connectivity index (χ3v) is 6.36. The molecule has 1 fully saturated rings. The van der Waals surface area contributed by atoms with E-state index in [1.807, 2.05) is 48.5 Å². The predicted molar refractivity (Wildman–Crippen MR) is 126 cm³/mol. The largest absolute Gasteiger partial charge is 0.451 e. The van der Waals surface area contributed by atoms with Gasteiger partial charge in [-0.05, 0) is 34.9 Å². The number of ether oxygens (including phenoxy) is 1. The Morgan fingerprint density at radius 3 is 1.88 bits per heavy atom. The Bertz CT molecular complexity index is 1220. The second-order valence-corrected chi connectivity index (χ2v) is 8.32. The highest BCUT2D eigenvalue weighted by molar-refractivity contribution is 5.91. The maximum Gasteiger partial charge on any atom is 0.329 e. The standard InChI is InChI=1S/C28H25NO3/c1-19(29-18-8-17-26(29)30)28(31)32-27(24-15-6-11-20-9-2-4-13-22(20)24)25-16-7-12-21-10-3-5-14-23(21)25/h2-7,9-16,19,27H,8,17-18H2,1H3/t19-/m0/s1. The molecule has 0 bridgehead atoms. The first-order valence-corrected chi connectivity index (χ1v) is 11.1. The van der Waals surface area contributed by atoms with E-state index in [9.17, 15) is 9.59 Å². The van der Waals surface area contributed by atoms with Gasteiger partial charge in [0.1, 0.15) is 6.04 Å². The van der Waals surface area contributed by atoms with E-state index < -0.39 is 12.1 Å². The van der Waals surface area contributed by atoms with Gasteiger partial charge >= 0.3 is 5.97 Å². The van der Waals surface area contributed by atoms with Gasteiger partial charge < -0.3 is 9.64 Å². The highest BCUT2D eigenvalue weighted by Gasteiger charge is 2.33. The Morgan fingerprint density at radius 1 is 0.812 bits per heavy atom. The van der Waals surface area contributed by atoms with Crippen LogP contribution in [0.3, 0.4) is 0 Å². The highest BCUT2D eigenvalue weighted by Crippen LogP contribution is 2.36. The van der Waals surface area contributed by atoms with E-state index in [2.05, 4.69) is 36.4 Å². The Balaban J connectivity index is 1.62. The number of hydrogen-bond donors (Lipinski definition) is 0. The van der Waals surface area contributed by atoms with Crippen molar-refractivity contribution < 1.29 is 14.3 Å². The van der Waals surface area contributed by atoms with Crippen molar-refractivity contribution in [2.45, 2.75) is 31.9 Å². The van der Waals surface area contributed by atoms with E-state index in [4.69, 9.17) is 4.74 Å². The topological polar surface area (TPSA) is 46.6 Å². The maximum atomic E-state index is 13.3. The van der Waals surface area contributed by atoms with Gasteiger partial charge in [-0.25, -0.2) is 4.79 Å². The first-order chi connectivity index (χ1) is 15.6. The van der Waals surface area contributed by atoms with E-state index >= 15 is 0 Å². The number of carbonyl (C=O) groups excluding carboxylic acids is 2. The minimum atomic E-state index is -0.613. The summed E-state index contributed by atoms with van der Waals surface area (Å²) in [6.07, 6.45) is 0.695. The molecule has 4 nitrogen and oxygen atoms in total. The minimum Gasteiger partial charge on any atom is -0.451 e. The van der Waals surface area contributed by atoms with Gasteiger partial charge in [-0.1, -0.05) is 84.9 Å². The number of hydrogen-bond acceptors (Lipinski definition) is 3. The molecule has 1 atom stereocenters. The lowest BCUT2D eigenvalue weighted by Gasteiger charge is -2.27. The van der Waals surface area contributed by atoms with E-state index in [0.717, 1.165) is 39.1 Å². The molecule has 0 N–H and O–H groups in total. The molecule has 4 heteroatoms. The molecule has 32 heavy (non-hydrogen) atoms. The first kappa shape index (κ1) is 20.3. The van der Waals surface area contributed by atoms with Crippen molar-refractivity contribution in [3.8, 4) is 0 Å². The number of benzene rings is 4.